The summed E-state index contributed by atoms with van der Waals surface area (Å²) in [6, 6.07) is 23.8. The zero-order valence-electron chi connectivity index (χ0n) is 16.8. The van der Waals surface area contributed by atoms with Crippen molar-refractivity contribution in [3.05, 3.63) is 83.9 Å². The van der Waals surface area contributed by atoms with Gasteiger partial charge >= 0.3 is 0 Å². The van der Waals surface area contributed by atoms with Crippen LogP contribution in [0, 0.1) is 13.8 Å². The van der Waals surface area contributed by atoms with E-state index in [9.17, 15) is 4.79 Å². The molecule has 0 aliphatic rings. The molecule has 0 atom stereocenters. The van der Waals surface area contributed by atoms with Crippen molar-refractivity contribution in [1.29, 1.82) is 0 Å². The van der Waals surface area contributed by atoms with E-state index in [2.05, 4.69) is 20.8 Å². The van der Waals surface area contributed by atoms with E-state index in [-0.39, 0.29) is 24.9 Å². The molecule has 2 N–H and O–H groups in total. The second kappa shape index (κ2) is 9.37. The van der Waals surface area contributed by atoms with E-state index >= 15 is 0 Å². The molecule has 6 heteroatoms. The summed E-state index contributed by atoms with van der Waals surface area (Å²) < 4.78 is 0. The number of carbonyl (C=O) groups excluding carboxylic acids is 1. The summed E-state index contributed by atoms with van der Waals surface area (Å²) in [7, 11) is 0. The molecule has 5 nitrogen and oxygen atoms in total. The number of carbonyl (C=O) groups is 1. The van der Waals surface area contributed by atoms with Gasteiger partial charge in [-0.1, -0.05) is 66.7 Å². The normalized spacial score (nSPS) is 10.3. The van der Waals surface area contributed by atoms with Crippen molar-refractivity contribution in [2.75, 3.05) is 17.2 Å². The zero-order chi connectivity index (χ0) is 20.2. The molecule has 0 saturated carbocycles. The van der Waals surface area contributed by atoms with Gasteiger partial charge in [0.15, 0.2) is 5.82 Å². The molecule has 3 aromatic carbocycles. The van der Waals surface area contributed by atoms with Gasteiger partial charge in [0.1, 0.15) is 5.69 Å². The van der Waals surface area contributed by atoms with Gasteiger partial charge in [0.05, 0.1) is 6.54 Å². The SMILES string of the molecule is Cc1cccc(NC(=O)CNc2nnc(-c3ccccc3)c3ccccc23)c1C.Cl. The highest BCUT2D eigenvalue weighted by Crippen LogP contribution is 2.29. The number of fused-ring (bicyclic) bond motifs is 1. The third-order valence-corrected chi connectivity index (χ3v) is 5.03. The van der Waals surface area contributed by atoms with E-state index in [1.165, 1.54) is 0 Å². The van der Waals surface area contributed by atoms with Gasteiger partial charge < -0.3 is 10.6 Å². The van der Waals surface area contributed by atoms with Gasteiger partial charge in [-0.15, -0.1) is 22.6 Å². The molecule has 0 fully saturated rings. The fourth-order valence-electron chi connectivity index (χ4n) is 3.29. The van der Waals surface area contributed by atoms with Gasteiger partial charge in [-0.25, -0.2) is 0 Å². The number of nitrogens with one attached hydrogen (secondary N) is 2. The molecule has 1 aromatic heterocycles. The van der Waals surface area contributed by atoms with Gasteiger partial charge in [0, 0.05) is 22.0 Å². The highest BCUT2D eigenvalue weighted by atomic mass is 35.5. The number of benzene rings is 3. The number of aryl methyl sites for hydroxylation is 1. The maximum Gasteiger partial charge on any atom is 0.243 e. The van der Waals surface area contributed by atoms with Crippen LogP contribution in [-0.2, 0) is 4.79 Å². The Kier molecular flexibility index (Phi) is 6.65. The molecule has 1 heterocycles. The van der Waals surface area contributed by atoms with Crippen molar-refractivity contribution < 1.29 is 4.79 Å². The van der Waals surface area contributed by atoms with Crippen LogP contribution in [0.5, 0.6) is 0 Å². The third kappa shape index (κ3) is 4.42. The Morgan fingerprint density at radius 1 is 0.833 bits per heavy atom. The van der Waals surface area contributed by atoms with Crippen molar-refractivity contribution in [3.8, 4) is 11.3 Å². The summed E-state index contributed by atoms with van der Waals surface area (Å²) in [4.78, 5) is 12.5. The molecule has 0 aliphatic heterocycles. The van der Waals surface area contributed by atoms with E-state index in [0.29, 0.717) is 5.82 Å². The third-order valence-electron chi connectivity index (χ3n) is 5.03. The van der Waals surface area contributed by atoms with Crippen molar-refractivity contribution in [3.63, 3.8) is 0 Å². The molecule has 0 spiro atoms. The topological polar surface area (TPSA) is 66.9 Å². The number of hydrogen-bond donors (Lipinski definition) is 2. The number of nitrogens with zero attached hydrogens (tertiary/aromatic N) is 2. The second-order valence-corrected chi connectivity index (χ2v) is 6.96. The van der Waals surface area contributed by atoms with Gasteiger partial charge in [-0.2, -0.15) is 0 Å². The monoisotopic (exact) mass is 418 g/mol. The minimum Gasteiger partial charge on any atom is -0.359 e. The molecule has 0 unspecified atom stereocenters. The predicted octanol–water partition coefficient (Wildman–Crippen LogP) is 5.39. The number of halogens is 1. The van der Waals surface area contributed by atoms with Crippen molar-refractivity contribution in [2.24, 2.45) is 0 Å². The summed E-state index contributed by atoms with van der Waals surface area (Å²) in [5, 5.41) is 16.8. The fourth-order valence-corrected chi connectivity index (χ4v) is 3.29. The zero-order valence-corrected chi connectivity index (χ0v) is 17.7. The molecule has 30 heavy (non-hydrogen) atoms. The van der Waals surface area contributed by atoms with Crippen molar-refractivity contribution >= 4 is 40.6 Å². The maximum absolute atomic E-state index is 12.5. The van der Waals surface area contributed by atoms with Crippen molar-refractivity contribution in [1.82, 2.24) is 10.2 Å². The van der Waals surface area contributed by atoms with E-state index in [0.717, 1.165) is 38.8 Å². The second-order valence-electron chi connectivity index (χ2n) is 6.96. The summed E-state index contributed by atoms with van der Waals surface area (Å²) >= 11 is 0. The van der Waals surface area contributed by atoms with Crippen molar-refractivity contribution in [2.45, 2.75) is 13.8 Å². The molecular weight excluding hydrogens is 396 g/mol. The van der Waals surface area contributed by atoms with Crippen LogP contribution in [0.2, 0.25) is 0 Å². The van der Waals surface area contributed by atoms with Crippen LogP contribution < -0.4 is 10.6 Å². The summed E-state index contributed by atoms with van der Waals surface area (Å²) in [5.41, 5.74) is 4.87. The molecule has 1 amide bonds. The lowest BCUT2D eigenvalue weighted by molar-refractivity contribution is -0.114. The molecule has 4 aromatic rings. The maximum atomic E-state index is 12.5. The first-order valence-electron chi connectivity index (χ1n) is 9.54. The van der Waals surface area contributed by atoms with E-state index < -0.39 is 0 Å². The van der Waals surface area contributed by atoms with Crippen LogP contribution in [-0.4, -0.2) is 22.6 Å². The highest BCUT2D eigenvalue weighted by molar-refractivity contribution is 6.01. The molecule has 152 valence electrons. The molecule has 0 bridgehead atoms. The molecular formula is C24H23ClN4O. The molecule has 0 aliphatic carbocycles. The van der Waals surface area contributed by atoms with Gasteiger partial charge in [0.2, 0.25) is 5.91 Å². The number of aromatic nitrogens is 2. The average molecular weight is 419 g/mol. The first-order chi connectivity index (χ1) is 14.1. The molecule has 0 radical (unpaired) electrons. The fraction of sp³-hybridized carbons (Fsp3) is 0.125. The lowest BCUT2D eigenvalue weighted by atomic mass is 10.0. The number of anilines is 2. The van der Waals surface area contributed by atoms with Crippen LogP contribution >= 0.6 is 12.4 Å². The summed E-state index contributed by atoms with van der Waals surface area (Å²) in [6.45, 7) is 4.13. The predicted molar refractivity (Wildman–Crippen MR) is 125 cm³/mol. The van der Waals surface area contributed by atoms with Crippen LogP contribution in [0.15, 0.2) is 72.8 Å². The van der Waals surface area contributed by atoms with Crippen LogP contribution in [0.3, 0.4) is 0 Å². The number of amides is 1. The Balaban J connectivity index is 0.00000256. The Labute approximate surface area is 182 Å². The largest absolute Gasteiger partial charge is 0.359 e. The average Bonchev–Trinajstić information content (AvgIpc) is 2.76. The Hall–Kier alpha value is -3.44. The quantitative estimate of drug-likeness (QED) is 0.456. The Morgan fingerprint density at radius 2 is 1.53 bits per heavy atom. The van der Waals surface area contributed by atoms with Gasteiger partial charge in [-0.3, -0.25) is 4.79 Å². The lowest BCUT2D eigenvalue weighted by Gasteiger charge is -2.13. The highest BCUT2D eigenvalue weighted by Gasteiger charge is 2.12. The Morgan fingerprint density at radius 3 is 2.30 bits per heavy atom. The van der Waals surface area contributed by atoms with Gasteiger partial charge in [-0.05, 0) is 31.0 Å². The van der Waals surface area contributed by atoms with Crippen LogP contribution in [0.1, 0.15) is 11.1 Å². The number of hydrogen-bond acceptors (Lipinski definition) is 4. The molecule has 0 saturated heterocycles. The smallest absolute Gasteiger partial charge is 0.243 e. The molecule has 4 rings (SSSR count). The van der Waals surface area contributed by atoms with Gasteiger partial charge in [0.25, 0.3) is 0 Å². The summed E-state index contributed by atoms with van der Waals surface area (Å²) in [5.74, 6) is 0.466. The van der Waals surface area contributed by atoms with Crippen LogP contribution in [0.4, 0.5) is 11.5 Å². The summed E-state index contributed by atoms with van der Waals surface area (Å²) in [6.07, 6.45) is 0. The first kappa shape index (κ1) is 21.3. The van der Waals surface area contributed by atoms with E-state index in [1.54, 1.807) is 0 Å². The lowest BCUT2D eigenvalue weighted by Crippen LogP contribution is -2.23. The van der Waals surface area contributed by atoms with Crippen LogP contribution in [0.25, 0.3) is 22.0 Å². The van der Waals surface area contributed by atoms with E-state index in [4.69, 9.17) is 0 Å². The number of rotatable bonds is 5. The first-order valence-corrected chi connectivity index (χ1v) is 9.54. The van der Waals surface area contributed by atoms with E-state index in [1.807, 2.05) is 86.6 Å². The minimum atomic E-state index is -0.128. The Bertz CT molecular complexity index is 1180. The minimum absolute atomic E-state index is 0. The standard InChI is InChI=1S/C24H22N4O.ClH/c1-16-9-8-14-21(17(16)2)26-22(29)15-25-24-20-13-7-6-12-19(20)23(27-28-24)18-10-4-3-5-11-18;/h3-14H,15H2,1-2H3,(H,25,28)(H,26,29);1H.